The van der Waals surface area contributed by atoms with E-state index < -0.39 is 0 Å². The molecule has 15 heavy (non-hydrogen) atoms. The molecule has 2 N–H and O–H groups in total. The number of aromatic nitrogens is 1. The molecule has 0 aliphatic heterocycles. The molecule has 0 amide bonds. The lowest BCUT2D eigenvalue weighted by atomic mass is 10.2. The zero-order chi connectivity index (χ0) is 10.7. The van der Waals surface area contributed by atoms with E-state index >= 15 is 0 Å². The van der Waals surface area contributed by atoms with E-state index in [9.17, 15) is 5.11 Å². The molecule has 0 spiro atoms. The van der Waals surface area contributed by atoms with Crippen molar-refractivity contribution in [3.8, 4) is 0 Å². The molecule has 0 saturated heterocycles. The Morgan fingerprint density at radius 1 is 1.53 bits per heavy atom. The average molecular weight is 222 g/mol. The number of nitrogens with one attached hydrogen (secondary N) is 1. The highest BCUT2D eigenvalue weighted by Crippen LogP contribution is 2.21. The molecule has 1 aromatic carbocycles. The van der Waals surface area contributed by atoms with Crippen LogP contribution in [0.5, 0.6) is 0 Å². The fourth-order valence-corrected chi connectivity index (χ4v) is 2.06. The SMILES string of the molecule is CCC(O)CNc1ccc2ncsc2c1. The summed E-state index contributed by atoms with van der Waals surface area (Å²) in [6.45, 7) is 2.57. The lowest BCUT2D eigenvalue weighted by Crippen LogP contribution is -2.17. The van der Waals surface area contributed by atoms with E-state index in [2.05, 4.69) is 16.4 Å². The van der Waals surface area contributed by atoms with Crippen LogP contribution in [0, 0.1) is 0 Å². The van der Waals surface area contributed by atoms with Crippen molar-refractivity contribution in [1.82, 2.24) is 4.98 Å². The smallest absolute Gasteiger partial charge is 0.0813 e. The minimum Gasteiger partial charge on any atom is -0.391 e. The van der Waals surface area contributed by atoms with E-state index in [1.807, 2.05) is 24.6 Å². The molecule has 1 atom stereocenters. The van der Waals surface area contributed by atoms with Crippen molar-refractivity contribution in [2.45, 2.75) is 19.4 Å². The summed E-state index contributed by atoms with van der Waals surface area (Å²) in [6.07, 6.45) is 0.498. The predicted octanol–water partition coefficient (Wildman–Crippen LogP) is 2.48. The zero-order valence-corrected chi connectivity index (χ0v) is 9.42. The van der Waals surface area contributed by atoms with Gasteiger partial charge in [-0.2, -0.15) is 0 Å². The third kappa shape index (κ3) is 2.46. The van der Waals surface area contributed by atoms with Crippen molar-refractivity contribution in [2.24, 2.45) is 0 Å². The first kappa shape index (κ1) is 10.4. The van der Waals surface area contributed by atoms with Crippen LogP contribution in [0.2, 0.25) is 0 Å². The van der Waals surface area contributed by atoms with E-state index in [0.29, 0.717) is 6.54 Å². The lowest BCUT2D eigenvalue weighted by Gasteiger charge is -2.10. The van der Waals surface area contributed by atoms with Crippen LogP contribution in [-0.2, 0) is 0 Å². The Balaban J connectivity index is 2.08. The number of aliphatic hydroxyl groups is 1. The van der Waals surface area contributed by atoms with Crippen LogP contribution in [0.15, 0.2) is 23.7 Å². The van der Waals surface area contributed by atoms with Crippen LogP contribution in [0.25, 0.3) is 10.2 Å². The molecule has 1 heterocycles. The van der Waals surface area contributed by atoms with Crippen molar-refractivity contribution in [3.05, 3.63) is 23.7 Å². The van der Waals surface area contributed by atoms with Crippen molar-refractivity contribution < 1.29 is 5.11 Å². The van der Waals surface area contributed by atoms with Gasteiger partial charge in [-0.25, -0.2) is 4.98 Å². The van der Waals surface area contributed by atoms with E-state index in [1.165, 1.54) is 4.70 Å². The number of hydrogen-bond acceptors (Lipinski definition) is 4. The lowest BCUT2D eigenvalue weighted by molar-refractivity contribution is 0.183. The maximum atomic E-state index is 9.42. The van der Waals surface area contributed by atoms with E-state index in [0.717, 1.165) is 17.6 Å². The Bertz CT molecular complexity index is 441. The third-order valence-electron chi connectivity index (χ3n) is 2.34. The summed E-state index contributed by atoms with van der Waals surface area (Å²) in [4.78, 5) is 4.21. The highest BCUT2D eigenvalue weighted by molar-refractivity contribution is 7.16. The summed E-state index contributed by atoms with van der Waals surface area (Å²) in [5.41, 5.74) is 3.91. The second kappa shape index (κ2) is 4.59. The monoisotopic (exact) mass is 222 g/mol. The number of aliphatic hydroxyl groups excluding tert-OH is 1. The number of rotatable bonds is 4. The minimum atomic E-state index is -0.276. The number of hydrogen-bond donors (Lipinski definition) is 2. The van der Waals surface area contributed by atoms with Crippen LogP contribution < -0.4 is 5.32 Å². The number of nitrogens with zero attached hydrogens (tertiary/aromatic N) is 1. The summed E-state index contributed by atoms with van der Waals surface area (Å²) in [7, 11) is 0. The predicted molar refractivity (Wildman–Crippen MR) is 64.4 cm³/mol. The highest BCUT2D eigenvalue weighted by Gasteiger charge is 2.01. The highest BCUT2D eigenvalue weighted by atomic mass is 32.1. The van der Waals surface area contributed by atoms with Crippen LogP contribution in [0.3, 0.4) is 0 Å². The number of fused-ring (bicyclic) bond motifs is 1. The van der Waals surface area contributed by atoms with E-state index in [4.69, 9.17) is 0 Å². The maximum absolute atomic E-state index is 9.42. The quantitative estimate of drug-likeness (QED) is 0.835. The number of anilines is 1. The molecule has 2 rings (SSSR count). The Kier molecular flexibility index (Phi) is 3.18. The summed E-state index contributed by atoms with van der Waals surface area (Å²) >= 11 is 1.63. The number of thiazole rings is 1. The van der Waals surface area contributed by atoms with Gasteiger partial charge in [-0.1, -0.05) is 6.92 Å². The van der Waals surface area contributed by atoms with Gasteiger partial charge in [0.1, 0.15) is 0 Å². The van der Waals surface area contributed by atoms with Crippen LogP contribution in [-0.4, -0.2) is 22.7 Å². The molecule has 0 saturated carbocycles. The summed E-state index contributed by atoms with van der Waals surface area (Å²) in [5.74, 6) is 0. The fraction of sp³-hybridized carbons (Fsp3) is 0.364. The normalized spacial score (nSPS) is 12.9. The molecule has 0 aliphatic rings. The Labute approximate surface area is 92.8 Å². The molecule has 1 unspecified atom stereocenters. The van der Waals surface area contributed by atoms with Crippen molar-refractivity contribution >= 4 is 27.2 Å². The van der Waals surface area contributed by atoms with Gasteiger partial charge in [0.15, 0.2) is 0 Å². The molecular weight excluding hydrogens is 208 g/mol. The second-order valence-corrected chi connectivity index (χ2v) is 4.36. The van der Waals surface area contributed by atoms with Crippen LogP contribution >= 0.6 is 11.3 Å². The third-order valence-corrected chi connectivity index (χ3v) is 3.14. The van der Waals surface area contributed by atoms with Gasteiger partial charge in [-0.15, -0.1) is 11.3 Å². The first-order valence-electron chi connectivity index (χ1n) is 5.05. The Morgan fingerprint density at radius 3 is 3.20 bits per heavy atom. The van der Waals surface area contributed by atoms with Crippen LogP contribution in [0.4, 0.5) is 5.69 Å². The Morgan fingerprint density at radius 2 is 2.40 bits per heavy atom. The fourth-order valence-electron chi connectivity index (χ4n) is 1.35. The van der Waals surface area contributed by atoms with Crippen molar-refractivity contribution in [3.63, 3.8) is 0 Å². The van der Waals surface area contributed by atoms with Gasteiger partial charge >= 0.3 is 0 Å². The molecule has 1 aromatic heterocycles. The van der Waals surface area contributed by atoms with Crippen LogP contribution in [0.1, 0.15) is 13.3 Å². The maximum Gasteiger partial charge on any atom is 0.0813 e. The molecule has 0 bridgehead atoms. The molecule has 0 fully saturated rings. The van der Waals surface area contributed by atoms with Crippen molar-refractivity contribution in [2.75, 3.05) is 11.9 Å². The van der Waals surface area contributed by atoms with Gasteiger partial charge in [0, 0.05) is 12.2 Å². The average Bonchev–Trinajstić information content (AvgIpc) is 2.72. The first-order valence-corrected chi connectivity index (χ1v) is 5.92. The van der Waals surface area contributed by atoms with Gasteiger partial charge in [0.2, 0.25) is 0 Å². The van der Waals surface area contributed by atoms with Gasteiger partial charge in [0.25, 0.3) is 0 Å². The molecule has 80 valence electrons. The molecule has 2 aromatic rings. The van der Waals surface area contributed by atoms with Gasteiger partial charge in [-0.05, 0) is 24.6 Å². The molecule has 4 heteroatoms. The van der Waals surface area contributed by atoms with Crippen molar-refractivity contribution in [1.29, 1.82) is 0 Å². The van der Waals surface area contributed by atoms with Gasteiger partial charge < -0.3 is 10.4 Å². The molecule has 3 nitrogen and oxygen atoms in total. The van der Waals surface area contributed by atoms with Gasteiger partial charge in [-0.3, -0.25) is 0 Å². The molecule has 0 aliphatic carbocycles. The minimum absolute atomic E-state index is 0.276. The standard InChI is InChI=1S/C11H14N2OS/c1-2-9(14)6-12-8-3-4-10-11(5-8)15-7-13-10/h3-5,7,9,12,14H,2,6H2,1H3. The topological polar surface area (TPSA) is 45.1 Å². The van der Waals surface area contributed by atoms with E-state index in [-0.39, 0.29) is 6.10 Å². The second-order valence-electron chi connectivity index (χ2n) is 3.48. The largest absolute Gasteiger partial charge is 0.391 e. The first-order chi connectivity index (χ1) is 7.29. The summed E-state index contributed by atoms with van der Waals surface area (Å²) < 4.78 is 1.17. The summed E-state index contributed by atoms with van der Waals surface area (Å²) in [5, 5.41) is 12.6. The molecule has 0 radical (unpaired) electrons. The van der Waals surface area contributed by atoms with Gasteiger partial charge in [0.05, 0.1) is 21.8 Å². The Hall–Kier alpha value is -1.13. The molecular formula is C11H14N2OS. The van der Waals surface area contributed by atoms with E-state index in [1.54, 1.807) is 11.3 Å². The zero-order valence-electron chi connectivity index (χ0n) is 8.60. The summed E-state index contributed by atoms with van der Waals surface area (Å²) in [6, 6.07) is 6.05. The number of benzene rings is 1.